The van der Waals surface area contributed by atoms with E-state index in [4.69, 9.17) is 9.47 Å². The van der Waals surface area contributed by atoms with E-state index in [2.05, 4.69) is 24.9 Å². The monoisotopic (exact) mass is 271 g/mol. The van der Waals surface area contributed by atoms with Crippen LogP contribution in [0.1, 0.15) is 26.2 Å². The lowest BCUT2D eigenvalue weighted by atomic mass is 9.85. The topological polar surface area (TPSA) is 30.5 Å². The zero-order chi connectivity index (χ0) is 13.9. The first-order valence-electron chi connectivity index (χ1n) is 7.19. The van der Waals surface area contributed by atoms with Crippen LogP contribution in [0.4, 0.5) is 5.69 Å². The summed E-state index contributed by atoms with van der Waals surface area (Å²) >= 11 is 0. The van der Waals surface area contributed by atoms with Crippen molar-refractivity contribution in [2.45, 2.75) is 26.2 Å². The van der Waals surface area contributed by atoms with Crippen LogP contribution in [-0.2, 0) is 0 Å². The minimum absolute atomic E-state index is 0.326. The second-order valence-electron chi connectivity index (χ2n) is 5.60. The van der Waals surface area contributed by atoms with E-state index < -0.39 is 0 Å². The molecule has 3 rings (SSSR count). The van der Waals surface area contributed by atoms with E-state index in [1.807, 2.05) is 18.2 Å². The van der Waals surface area contributed by atoms with Crippen molar-refractivity contribution in [2.24, 2.45) is 5.92 Å². The molecule has 0 radical (unpaired) electrons. The maximum atomic E-state index is 5.38. The zero-order valence-electron chi connectivity index (χ0n) is 11.9. The fraction of sp³-hybridized carbons (Fsp3) is 0.412. The molecule has 0 spiro atoms. The van der Waals surface area contributed by atoms with E-state index in [9.17, 15) is 0 Å². The predicted octanol–water partition coefficient (Wildman–Crippen LogP) is 4.13. The number of benzene rings is 1. The Morgan fingerprint density at radius 1 is 1.35 bits per heavy atom. The largest absolute Gasteiger partial charge is 0.454 e. The first-order valence-corrected chi connectivity index (χ1v) is 7.19. The van der Waals surface area contributed by atoms with Gasteiger partial charge in [-0.05, 0) is 44.2 Å². The first-order chi connectivity index (χ1) is 9.72. The van der Waals surface area contributed by atoms with Gasteiger partial charge >= 0.3 is 0 Å². The van der Waals surface area contributed by atoms with Gasteiger partial charge in [0.15, 0.2) is 11.5 Å². The minimum atomic E-state index is 0.326. The molecule has 1 aliphatic heterocycles. The molecule has 1 aliphatic carbocycles. The molecule has 20 heavy (non-hydrogen) atoms. The molecule has 1 unspecified atom stereocenters. The average Bonchev–Trinajstić information content (AvgIpc) is 2.93. The summed E-state index contributed by atoms with van der Waals surface area (Å²) in [6, 6.07) is 5.99. The second kappa shape index (κ2) is 5.61. The Hall–Kier alpha value is -1.90. The Labute approximate surface area is 120 Å². The average molecular weight is 271 g/mol. The molecular formula is C17H21NO2. The van der Waals surface area contributed by atoms with Crippen LogP contribution in [0.3, 0.4) is 0 Å². The lowest BCUT2D eigenvalue weighted by Gasteiger charge is -2.22. The number of rotatable bonds is 4. The van der Waals surface area contributed by atoms with Crippen molar-refractivity contribution >= 4 is 5.69 Å². The van der Waals surface area contributed by atoms with E-state index in [1.54, 1.807) is 0 Å². The molecule has 2 aliphatic rings. The summed E-state index contributed by atoms with van der Waals surface area (Å²) in [7, 11) is 0. The molecule has 0 saturated carbocycles. The van der Waals surface area contributed by atoms with Crippen LogP contribution in [0, 0.1) is 5.92 Å². The van der Waals surface area contributed by atoms with Crippen molar-refractivity contribution in [1.82, 2.24) is 0 Å². The molecular weight excluding hydrogens is 250 g/mol. The van der Waals surface area contributed by atoms with Crippen molar-refractivity contribution < 1.29 is 9.47 Å². The summed E-state index contributed by atoms with van der Waals surface area (Å²) in [5.41, 5.74) is 3.88. The summed E-state index contributed by atoms with van der Waals surface area (Å²) in [6.45, 7) is 7.42. The van der Waals surface area contributed by atoms with E-state index in [-0.39, 0.29) is 0 Å². The summed E-state index contributed by atoms with van der Waals surface area (Å²) in [5.74, 6) is 2.33. The summed E-state index contributed by atoms with van der Waals surface area (Å²) in [5, 5.41) is 3.46. The number of allylic oxidation sites excluding steroid dienone is 2. The van der Waals surface area contributed by atoms with Gasteiger partial charge in [0.05, 0.1) is 0 Å². The number of anilines is 1. The second-order valence-corrected chi connectivity index (χ2v) is 5.60. The Balaban J connectivity index is 1.56. The zero-order valence-corrected chi connectivity index (χ0v) is 11.9. The molecule has 1 atom stereocenters. The Morgan fingerprint density at radius 2 is 2.20 bits per heavy atom. The van der Waals surface area contributed by atoms with Crippen molar-refractivity contribution in [3.05, 3.63) is 42.0 Å². The van der Waals surface area contributed by atoms with Crippen molar-refractivity contribution in [2.75, 3.05) is 18.7 Å². The maximum absolute atomic E-state index is 5.38. The van der Waals surface area contributed by atoms with Crippen LogP contribution in [0.2, 0.25) is 0 Å². The van der Waals surface area contributed by atoms with Gasteiger partial charge in [-0.2, -0.15) is 0 Å². The van der Waals surface area contributed by atoms with E-state index in [1.165, 1.54) is 17.6 Å². The fourth-order valence-electron chi connectivity index (χ4n) is 2.72. The first kappa shape index (κ1) is 13.1. The highest BCUT2D eigenvalue weighted by Crippen LogP contribution is 2.34. The Bertz CT molecular complexity index is 548. The summed E-state index contributed by atoms with van der Waals surface area (Å²) < 4.78 is 10.7. The lowest BCUT2D eigenvalue weighted by molar-refractivity contribution is 0.174. The highest BCUT2D eigenvalue weighted by atomic mass is 16.7. The molecule has 106 valence electrons. The van der Waals surface area contributed by atoms with Crippen LogP contribution in [0.5, 0.6) is 11.5 Å². The molecule has 3 heteroatoms. The van der Waals surface area contributed by atoms with Crippen LogP contribution < -0.4 is 14.8 Å². The van der Waals surface area contributed by atoms with Crippen molar-refractivity contribution in [3.8, 4) is 11.5 Å². The van der Waals surface area contributed by atoms with Crippen LogP contribution in [-0.4, -0.2) is 13.3 Å². The van der Waals surface area contributed by atoms with Gasteiger partial charge in [0.25, 0.3) is 0 Å². The van der Waals surface area contributed by atoms with Crippen molar-refractivity contribution in [3.63, 3.8) is 0 Å². The lowest BCUT2D eigenvalue weighted by Crippen LogP contribution is -2.12. The number of hydrogen-bond donors (Lipinski definition) is 1. The summed E-state index contributed by atoms with van der Waals surface area (Å²) in [4.78, 5) is 0. The number of ether oxygens (including phenoxy) is 2. The standard InChI is InChI=1S/C17H21NO2/c1-12(2)14-5-3-13(4-6-14)10-18-15-7-8-16-17(9-15)20-11-19-16/h3,7-9,14,18H,1,4-6,10-11H2,2H3. The smallest absolute Gasteiger partial charge is 0.231 e. The molecule has 0 fully saturated rings. The normalized spacial score (nSPS) is 20.4. The summed E-state index contributed by atoms with van der Waals surface area (Å²) in [6.07, 6.45) is 5.88. The van der Waals surface area contributed by atoms with Gasteiger partial charge in [-0.25, -0.2) is 0 Å². The van der Waals surface area contributed by atoms with Crippen molar-refractivity contribution in [1.29, 1.82) is 0 Å². The van der Waals surface area contributed by atoms with Crippen LogP contribution >= 0.6 is 0 Å². The highest BCUT2D eigenvalue weighted by molar-refractivity contribution is 5.56. The predicted molar refractivity (Wildman–Crippen MR) is 81.3 cm³/mol. The molecule has 1 heterocycles. The highest BCUT2D eigenvalue weighted by Gasteiger charge is 2.16. The number of nitrogens with one attached hydrogen (secondary N) is 1. The number of fused-ring (bicyclic) bond motifs is 1. The Morgan fingerprint density at radius 3 is 2.95 bits per heavy atom. The van der Waals surface area contributed by atoms with Gasteiger partial charge in [-0.1, -0.05) is 23.8 Å². The van der Waals surface area contributed by atoms with E-state index in [0.717, 1.165) is 36.6 Å². The molecule has 1 aromatic carbocycles. The molecule has 0 amide bonds. The molecule has 0 bridgehead atoms. The van der Waals surface area contributed by atoms with E-state index in [0.29, 0.717) is 12.7 Å². The van der Waals surface area contributed by atoms with E-state index >= 15 is 0 Å². The van der Waals surface area contributed by atoms with Gasteiger partial charge in [0.1, 0.15) is 0 Å². The molecule has 1 aromatic rings. The SMILES string of the molecule is C=C(C)C1CC=C(CNc2ccc3c(c2)OCO3)CC1. The molecule has 3 nitrogen and oxygen atoms in total. The maximum Gasteiger partial charge on any atom is 0.231 e. The van der Waals surface area contributed by atoms with Crippen LogP contribution in [0.25, 0.3) is 0 Å². The Kier molecular flexibility index (Phi) is 3.68. The fourth-order valence-corrected chi connectivity index (χ4v) is 2.72. The van der Waals surface area contributed by atoms with Gasteiger partial charge in [0, 0.05) is 18.3 Å². The third kappa shape index (κ3) is 2.82. The van der Waals surface area contributed by atoms with Gasteiger partial charge < -0.3 is 14.8 Å². The minimum Gasteiger partial charge on any atom is -0.454 e. The van der Waals surface area contributed by atoms with Gasteiger partial charge in [-0.3, -0.25) is 0 Å². The third-order valence-electron chi connectivity index (χ3n) is 4.09. The number of hydrogen-bond acceptors (Lipinski definition) is 3. The third-order valence-corrected chi connectivity index (χ3v) is 4.09. The van der Waals surface area contributed by atoms with Gasteiger partial charge in [-0.15, -0.1) is 0 Å². The quantitative estimate of drug-likeness (QED) is 0.835. The molecule has 0 aromatic heterocycles. The van der Waals surface area contributed by atoms with Crippen LogP contribution in [0.15, 0.2) is 42.0 Å². The van der Waals surface area contributed by atoms with Gasteiger partial charge in [0.2, 0.25) is 6.79 Å². The molecule has 0 saturated heterocycles. The molecule has 1 N–H and O–H groups in total.